The third kappa shape index (κ3) is 5.38. The molecule has 1 amide bonds. The van der Waals surface area contributed by atoms with Crippen molar-refractivity contribution < 1.29 is 4.79 Å². The largest absolute Gasteiger partial charge is 0.355 e. The lowest BCUT2D eigenvalue weighted by Crippen LogP contribution is -2.42. The van der Waals surface area contributed by atoms with E-state index < -0.39 is 6.04 Å². The van der Waals surface area contributed by atoms with Crippen LogP contribution < -0.4 is 11.1 Å². The Morgan fingerprint density at radius 3 is 2.75 bits per heavy atom. The van der Waals surface area contributed by atoms with Crippen molar-refractivity contribution in [3.63, 3.8) is 0 Å². The highest BCUT2D eigenvalue weighted by Gasteiger charge is 2.09. The zero-order valence-electron chi connectivity index (χ0n) is 7.48. The van der Waals surface area contributed by atoms with E-state index in [-0.39, 0.29) is 11.8 Å². The predicted octanol–water partition coefficient (Wildman–Crippen LogP) is 0.859. The summed E-state index contributed by atoms with van der Waals surface area (Å²) in [6, 6.07) is -0.562. The molecule has 72 valence electrons. The van der Waals surface area contributed by atoms with Gasteiger partial charge in [0.1, 0.15) is 0 Å². The lowest BCUT2D eigenvalue weighted by atomic mass is 10.2. The van der Waals surface area contributed by atoms with Crippen molar-refractivity contribution in [2.45, 2.75) is 32.2 Å². The fraction of sp³-hybridized carbons (Fsp3) is 0.875. The highest BCUT2D eigenvalue weighted by atomic mass is 35.5. The van der Waals surface area contributed by atoms with E-state index in [0.717, 1.165) is 19.3 Å². The summed E-state index contributed by atoms with van der Waals surface area (Å²) in [6.45, 7) is 2.82. The van der Waals surface area contributed by atoms with Crippen LogP contribution in [0.25, 0.3) is 0 Å². The minimum Gasteiger partial charge on any atom is -0.355 e. The molecule has 0 aliphatic heterocycles. The third-order valence-electron chi connectivity index (χ3n) is 1.58. The molecule has 0 rings (SSSR count). The number of halogens is 1. The molecule has 0 saturated carbocycles. The van der Waals surface area contributed by atoms with Gasteiger partial charge in [-0.1, -0.05) is 19.8 Å². The average Bonchev–Trinajstić information content (AvgIpc) is 2.10. The highest BCUT2D eigenvalue weighted by molar-refractivity contribution is 6.19. The van der Waals surface area contributed by atoms with Gasteiger partial charge in [-0.3, -0.25) is 4.79 Å². The standard InChI is InChI=1S/C8H17ClN2O/c1-2-3-4-5-11-8(12)7(10)6-9/h7H,2-6,10H2,1H3,(H,11,12). The number of hydrogen-bond donors (Lipinski definition) is 2. The number of nitrogens with one attached hydrogen (secondary N) is 1. The lowest BCUT2D eigenvalue weighted by molar-refractivity contribution is -0.121. The van der Waals surface area contributed by atoms with Crippen LogP contribution in [0, 0.1) is 0 Å². The molecule has 3 N–H and O–H groups in total. The van der Waals surface area contributed by atoms with Gasteiger partial charge in [-0.25, -0.2) is 0 Å². The molecule has 0 aromatic rings. The van der Waals surface area contributed by atoms with Crippen LogP contribution in [0.15, 0.2) is 0 Å². The Kier molecular flexibility index (Phi) is 7.20. The topological polar surface area (TPSA) is 55.1 Å². The second kappa shape index (κ2) is 7.37. The van der Waals surface area contributed by atoms with Crippen molar-refractivity contribution in [2.75, 3.05) is 12.4 Å². The molecule has 12 heavy (non-hydrogen) atoms. The van der Waals surface area contributed by atoms with E-state index in [1.54, 1.807) is 0 Å². The van der Waals surface area contributed by atoms with Gasteiger partial charge in [0, 0.05) is 12.4 Å². The van der Waals surface area contributed by atoms with Crippen LogP contribution in [0.4, 0.5) is 0 Å². The zero-order valence-corrected chi connectivity index (χ0v) is 8.23. The van der Waals surface area contributed by atoms with Crippen LogP contribution in [0.5, 0.6) is 0 Å². The molecule has 0 aromatic carbocycles. The Balaban J connectivity index is 3.31. The first-order valence-electron chi connectivity index (χ1n) is 4.31. The number of nitrogens with two attached hydrogens (primary N) is 1. The van der Waals surface area contributed by atoms with E-state index in [1.807, 2.05) is 0 Å². The molecule has 0 bridgehead atoms. The minimum atomic E-state index is -0.562. The molecule has 0 radical (unpaired) electrons. The summed E-state index contributed by atoms with van der Waals surface area (Å²) in [5.41, 5.74) is 5.39. The summed E-state index contributed by atoms with van der Waals surface area (Å²) < 4.78 is 0. The summed E-state index contributed by atoms with van der Waals surface area (Å²) in [5, 5.41) is 2.72. The van der Waals surface area contributed by atoms with E-state index in [0.29, 0.717) is 6.54 Å². The molecule has 0 aromatic heterocycles. The molecule has 0 aliphatic rings. The smallest absolute Gasteiger partial charge is 0.238 e. The van der Waals surface area contributed by atoms with Crippen LogP contribution >= 0.6 is 11.6 Å². The van der Waals surface area contributed by atoms with Gasteiger partial charge in [-0.05, 0) is 6.42 Å². The maximum absolute atomic E-state index is 11.0. The Morgan fingerprint density at radius 1 is 1.58 bits per heavy atom. The summed E-state index contributed by atoms with van der Waals surface area (Å²) in [7, 11) is 0. The monoisotopic (exact) mass is 192 g/mol. The van der Waals surface area contributed by atoms with Crippen molar-refractivity contribution >= 4 is 17.5 Å². The van der Waals surface area contributed by atoms with Crippen LogP contribution in [0.2, 0.25) is 0 Å². The zero-order chi connectivity index (χ0) is 9.40. The van der Waals surface area contributed by atoms with Gasteiger partial charge in [0.15, 0.2) is 0 Å². The van der Waals surface area contributed by atoms with Crippen LogP contribution in [0.1, 0.15) is 26.2 Å². The molecule has 4 heteroatoms. The lowest BCUT2D eigenvalue weighted by Gasteiger charge is -2.08. The molecule has 0 aliphatic carbocycles. The fourth-order valence-corrected chi connectivity index (χ4v) is 0.928. The normalized spacial score (nSPS) is 12.6. The number of hydrogen-bond acceptors (Lipinski definition) is 2. The third-order valence-corrected chi connectivity index (χ3v) is 1.92. The molecule has 1 atom stereocenters. The molecule has 0 heterocycles. The van der Waals surface area contributed by atoms with Crippen molar-refractivity contribution in [3.8, 4) is 0 Å². The van der Waals surface area contributed by atoms with Gasteiger partial charge in [-0.2, -0.15) is 0 Å². The van der Waals surface area contributed by atoms with E-state index in [9.17, 15) is 4.79 Å². The number of amides is 1. The van der Waals surface area contributed by atoms with Gasteiger partial charge >= 0.3 is 0 Å². The maximum atomic E-state index is 11.0. The first-order chi connectivity index (χ1) is 5.72. The van der Waals surface area contributed by atoms with Gasteiger partial charge < -0.3 is 11.1 Å². The predicted molar refractivity (Wildman–Crippen MR) is 51.2 cm³/mol. The van der Waals surface area contributed by atoms with Gasteiger partial charge in [0.2, 0.25) is 5.91 Å². The molecule has 1 unspecified atom stereocenters. The fourth-order valence-electron chi connectivity index (χ4n) is 0.788. The van der Waals surface area contributed by atoms with Crippen molar-refractivity contribution in [1.82, 2.24) is 5.32 Å². The minimum absolute atomic E-state index is 0.152. The first kappa shape index (κ1) is 11.7. The van der Waals surface area contributed by atoms with Gasteiger partial charge in [0.25, 0.3) is 0 Å². The van der Waals surface area contributed by atoms with Crippen LogP contribution in [0.3, 0.4) is 0 Å². The molecule has 0 spiro atoms. The van der Waals surface area contributed by atoms with Gasteiger partial charge in [0.05, 0.1) is 6.04 Å². The first-order valence-corrected chi connectivity index (χ1v) is 4.85. The Bertz CT molecular complexity index is 130. The molecular formula is C8H17ClN2O. The van der Waals surface area contributed by atoms with Gasteiger partial charge in [-0.15, -0.1) is 11.6 Å². The quantitative estimate of drug-likeness (QED) is 0.485. The molecule has 0 saturated heterocycles. The van der Waals surface area contributed by atoms with Crippen molar-refractivity contribution in [1.29, 1.82) is 0 Å². The summed E-state index contributed by atoms with van der Waals surface area (Å²) in [5.74, 6) is 0.0284. The van der Waals surface area contributed by atoms with Crippen molar-refractivity contribution in [2.24, 2.45) is 5.73 Å². The number of carbonyl (C=O) groups excluding carboxylic acids is 1. The molecule has 0 fully saturated rings. The average molecular weight is 193 g/mol. The van der Waals surface area contributed by atoms with E-state index in [1.165, 1.54) is 0 Å². The number of unbranched alkanes of at least 4 members (excludes halogenated alkanes) is 2. The summed E-state index contributed by atoms with van der Waals surface area (Å²) in [6.07, 6.45) is 3.30. The molecule has 3 nitrogen and oxygen atoms in total. The van der Waals surface area contributed by atoms with Crippen LogP contribution in [-0.2, 0) is 4.79 Å². The number of rotatable bonds is 6. The van der Waals surface area contributed by atoms with E-state index >= 15 is 0 Å². The molecular weight excluding hydrogens is 176 g/mol. The van der Waals surface area contributed by atoms with Crippen molar-refractivity contribution in [3.05, 3.63) is 0 Å². The second-order valence-corrected chi connectivity index (χ2v) is 3.07. The number of alkyl halides is 1. The summed E-state index contributed by atoms with van der Waals surface area (Å²) >= 11 is 5.40. The Labute approximate surface area is 78.6 Å². The Hall–Kier alpha value is -0.280. The van der Waals surface area contributed by atoms with E-state index in [2.05, 4.69) is 12.2 Å². The highest BCUT2D eigenvalue weighted by Crippen LogP contribution is 1.91. The summed E-state index contributed by atoms with van der Waals surface area (Å²) in [4.78, 5) is 11.0. The Morgan fingerprint density at radius 2 is 2.25 bits per heavy atom. The van der Waals surface area contributed by atoms with Crippen LogP contribution in [-0.4, -0.2) is 24.4 Å². The second-order valence-electron chi connectivity index (χ2n) is 2.76. The number of carbonyl (C=O) groups is 1. The SMILES string of the molecule is CCCCCNC(=O)C(N)CCl. The maximum Gasteiger partial charge on any atom is 0.238 e. The van der Waals surface area contributed by atoms with E-state index in [4.69, 9.17) is 17.3 Å².